The lowest BCUT2D eigenvalue weighted by atomic mass is 10.1. The average molecular weight is 340 g/mol. The van der Waals surface area contributed by atoms with Crippen LogP contribution in [0.2, 0.25) is 0 Å². The maximum atomic E-state index is 13.8. The lowest BCUT2D eigenvalue weighted by molar-refractivity contribution is -0.124. The molecule has 5 heteroatoms. The Hall–Kier alpha value is -2.69. The van der Waals surface area contributed by atoms with Gasteiger partial charge in [-0.2, -0.15) is 0 Å². The Bertz CT molecular complexity index is 817. The lowest BCUT2D eigenvalue weighted by Crippen LogP contribution is -2.57. The fourth-order valence-corrected chi connectivity index (χ4v) is 3.02. The molecule has 25 heavy (non-hydrogen) atoms. The van der Waals surface area contributed by atoms with Crippen LogP contribution >= 0.6 is 0 Å². The van der Waals surface area contributed by atoms with E-state index in [0.29, 0.717) is 29.9 Å². The number of halogens is 1. The van der Waals surface area contributed by atoms with E-state index in [1.165, 1.54) is 6.07 Å². The third kappa shape index (κ3) is 3.27. The van der Waals surface area contributed by atoms with E-state index in [2.05, 4.69) is 0 Å². The Labute approximate surface area is 146 Å². The summed E-state index contributed by atoms with van der Waals surface area (Å²) < 4.78 is 13.8. The zero-order valence-electron chi connectivity index (χ0n) is 14.6. The normalized spacial score (nSPS) is 17.8. The van der Waals surface area contributed by atoms with Gasteiger partial charge in [0.25, 0.3) is 5.91 Å². The Morgan fingerprint density at radius 1 is 1.08 bits per heavy atom. The summed E-state index contributed by atoms with van der Waals surface area (Å²) in [6.45, 7) is 6.12. The van der Waals surface area contributed by atoms with Crippen LogP contribution in [0.4, 0.5) is 10.1 Å². The van der Waals surface area contributed by atoms with E-state index in [4.69, 9.17) is 0 Å². The number of amides is 2. The molecule has 4 nitrogen and oxygen atoms in total. The van der Waals surface area contributed by atoms with Crippen LogP contribution in [0.15, 0.2) is 42.5 Å². The van der Waals surface area contributed by atoms with Crippen LogP contribution in [0.5, 0.6) is 0 Å². The lowest BCUT2D eigenvalue weighted by Gasteiger charge is -2.39. The molecule has 0 N–H and O–H groups in total. The second kappa shape index (κ2) is 6.67. The predicted molar refractivity (Wildman–Crippen MR) is 95.2 cm³/mol. The molecule has 3 rings (SSSR count). The van der Waals surface area contributed by atoms with Gasteiger partial charge in [0.05, 0.1) is 0 Å². The predicted octanol–water partition coefficient (Wildman–Crippen LogP) is 3.32. The van der Waals surface area contributed by atoms with Crippen LogP contribution in [-0.2, 0) is 4.79 Å². The summed E-state index contributed by atoms with van der Waals surface area (Å²) >= 11 is 0. The standard InChI is InChI=1S/C20H21FN2O2/c1-13-4-7-16(8-5-13)20(25)22-10-11-23(19(24)15(22)3)17-9-6-14(2)18(21)12-17/h4-9,12,15H,10-11H2,1-3H3. The Kier molecular flexibility index (Phi) is 4.57. The van der Waals surface area contributed by atoms with Crippen molar-refractivity contribution in [1.29, 1.82) is 0 Å². The van der Waals surface area contributed by atoms with Crippen molar-refractivity contribution in [2.24, 2.45) is 0 Å². The summed E-state index contributed by atoms with van der Waals surface area (Å²) in [7, 11) is 0. The summed E-state index contributed by atoms with van der Waals surface area (Å²) in [5.74, 6) is -0.693. The van der Waals surface area contributed by atoms with Crippen molar-refractivity contribution >= 4 is 17.5 Å². The molecule has 1 atom stereocenters. The first-order valence-corrected chi connectivity index (χ1v) is 8.33. The molecule has 0 aliphatic carbocycles. The fourth-order valence-electron chi connectivity index (χ4n) is 3.02. The van der Waals surface area contributed by atoms with E-state index in [1.807, 2.05) is 19.1 Å². The third-order valence-electron chi connectivity index (χ3n) is 4.68. The number of rotatable bonds is 2. The molecule has 0 bridgehead atoms. The van der Waals surface area contributed by atoms with Gasteiger partial charge < -0.3 is 9.80 Å². The van der Waals surface area contributed by atoms with E-state index < -0.39 is 6.04 Å². The molecule has 0 spiro atoms. The van der Waals surface area contributed by atoms with Gasteiger partial charge in [-0.15, -0.1) is 0 Å². The van der Waals surface area contributed by atoms with Crippen LogP contribution in [0.25, 0.3) is 0 Å². The minimum absolute atomic E-state index is 0.157. The number of nitrogens with zero attached hydrogens (tertiary/aromatic N) is 2. The third-order valence-corrected chi connectivity index (χ3v) is 4.68. The first kappa shape index (κ1) is 17.1. The topological polar surface area (TPSA) is 40.6 Å². The molecule has 0 saturated carbocycles. The molecule has 0 radical (unpaired) electrons. The monoisotopic (exact) mass is 340 g/mol. The van der Waals surface area contributed by atoms with Crippen molar-refractivity contribution in [3.05, 3.63) is 65.0 Å². The summed E-state index contributed by atoms with van der Waals surface area (Å²) in [5.41, 5.74) is 2.71. The molecular weight excluding hydrogens is 319 g/mol. The van der Waals surface area contributed by atoms with Crippen molar-refractivity contribution in [1.82, 2.24) is 4.90 Å². The molecule has 130 valence electrons. The summed E-state index contributed by atoms with van der Waals surface area (Å²) in [6.07, 6.45) is 0. The number of carbonyl (C=O) groups is 2. The largest absolute Gasteiger partial charge is 0.325 e. The fraction of sp³-hybridized carbons (Fsp3) is 0.300. The highest BCUT2D eigenvalue weighted by Gasteiger charge is 2.35. The van der Waals surface area contributed by atoms with Gasteiger partial charge in [-0.25, -0.2) is 4.39 Å². The second-order valence-electron chi connectivity index (χ2n) is 6.46. The number of piperazine rings is 1. The summed E-state index contributed by atoms with van der Waals surface area (Å²) in [6, 6.07) is 11.5. The molecule has 1 heterocycles. The van der Waals surface area contributed by atoms with Gasteiger partial charge in [0.1, 0.15) is 11.9 Å². The maximum Gasteiger partial charge on any atom is 0.254 e. The molecule has 2 aromatic carbocycles. The van der Waals surface area contributed by atoms with Crippen LogP contribution in [0, 0.1) is 19.7 Å². The number of benzene rings is 2. The summed E-state index contributed by atoms with van der Waals surface area (Å²) in [5, 5.41) is 0. The quantitative estimate of drug-likeness (QED) is 0.841. The highest BCUT2D eigenvalue weighted by atomic mass is 19.1. The van der Waals surface area contributed by atoms with E-state index in [1.54, 1.807) is 47.9 Å². The van der Waals surface area contributed by atoms with Crippen molar-refractivity contribution in [2.75, 3.05) is 18.0 Å². The zero-order valence-corrected chi connectivity index (χ0v) is 14.6. The molecule has 0 aromatic heterocycles. The molecule has 1 fully saturated rings. The first-order valence-electron chi connectivity index (χ1n) is 8.33. The number of aryl methyl sites for hydroxylation is 2. The Balaban J connectivity index is 1.80. The number of hydrogen-bond acceptors (Lipinski definition) is 2. The van der Waals surface area contributed by atoms with Gasteiger partial charge in [-0.1, -0.05) is 23.8 Å². The number of anilines is 1. The van der Waals surface area contributed by atoms with Crippen molar-refractivity contribution in [2.45, 2.75) is 26.8 Å². The Morgan fingerprint density at radius 2 is 1.76 bits per heavy atom. The molecule has 2 aromatic rings. The molecule has 1 saturated heterocycles. The summed E-state index contributed by atoms with van der Waals surface area (Å²) in [4.78, 5) is 28.6. The van der Waals surface area contributed by atoms with Gasteiger partial charge in [0.2, 0.25) is 5.91 Å². The van der Waals surface area contributed by atoms with E-state index >= 15 is 0 Å². The van der Waals surface area contributed by atoms with E-state index in [9.17, 15) is 14.0 Å². The molecule has 2 amide bonds. The number of hydrogen-bond donors (Lipinski definition) is 0. The van der Waals surface area contributed by atoms with Gasteiger partial charge in [0, 0.05) is 24.3 Å². The van der Waals surface area contributed by atoms with Crippen molar-refractivity contribution in [3.63, 3.8) is 0 Å². The second-order valence-corrected chi connectivity index (χ2v) is 6.46. The molecular formula is C20H21FN2O2. The first-order chi connectivity index (χ1) is 11.9. The van der Waals surface area contributed by atoms with Crippen molar-refractivity contribution < 1.29 is 14.0 Å². The Morgan fingerprint density at radius 3 is 2.40 bits per heavy atom. The smallest absolute Gasteiger partial charge is 0.254 e. The van der Waals surface area contributed by atoms with Gasteiger partial charge >= 0.3 is 0 Å². The van der Waals surface area contributed by atoms with Gasteiger partial charge in [-0.05, 0) is 50.6 Å². The zero-order chi connectivity index (χ0) is 18.1. The van der Waals surface area contributed by atoms with Crippen LogP contribution in [0.1, 0.15) is 28.4 Å². The highest BCUT2D eigenvalue weighted by Crippen LogP contribution is 2.23. The minimum atomic E-state index is -0.591. The van der Waals surface area contributed by atoms with E-state index in [0.717, 1.165) is 5.56 Å². The number of carbonyl (C=O) groups excluding carboxylic acids is 2. The van der Waals surface area contributed by atoms with Crippen LogP contribution < -0.4 is 4.90 Å². The molecule has 1 aliphatic rings. The van der Waals surface area contributed by atoms with Gasteiger partial charge in [0.15, 0.2) is 0 Å². The van der Waals surface area contributed by atoms with Gasteiger partial charge in [-0.3, -0.25) is 9.59 Å². The van der Waals surface area contributed by atoms with Crippen LogP contribution in [-0.4, -0.2) is 35.8 Å². The van der Waals surface area contributed by atoms with Crippen molar-refractivity contribution in [3.8, 4) is 0 Å². The SMILES string of the molecule is Cc1ccc(C(=O)N2CCN(c3ccc(C)c(F)c3)C(=O)C2C)cc1. The van der Waals surface area contributed by atoms with Crippen LogP contribution in [0.3, 0.4) is 0 Å². The molecule has 1 aliphatic heterocycles. The highest BCUT2D eigenvalue weighted by molar-refractivity contribution is 6.03. The van der Waals surface area contributed by atoms with E-state index in [-0.39, 0.29) is 17.6 Å². The minimum Gasteiger partial charge on any atom is -0.325 e. The average Bonchev–Trinajstić information content (AvgIpc) is 2.60. The molecule has 1 unspecified atom stereocenters. The maximum absolute atomic E-state index is 13.8.